The second-order valence-electron chi connectivity index (χ2n) is 6.97. The summed E-state index contributed by atoms with van der Waals surface area (Å²) < 4.78 is 0. The van der Waals surface area contributed by atoms with Crippen molar-refractivity contribution in [3.63, 3.8) is 0 Å². The van der Waals surface area contributed by atoms with Crippen LogP contribution in [-0.2, 0) is 9.59 Å². The van der Waals surface area contributed by atoms with E-state index in [2.05, 4.69) is 50.4 Å². The number of hydrogen-bond donors (Lipinski definition) is 2. The monoisotopic (exact) mass is 471 g/mol. The molecule has 0 aliphatic rings. The van der Waals surface area contributed by atoms with Crippen LogP contribution in [0.1, 0.15) is 76.9 Å². The molecule has 0 spiro atoms. The van der Waals surface area contributed by atoms with Crippen LogP contribution in [0.3, 0.4) is 0 Å². The molecular formula is C29H45NO4. The lowest BCUT2D eigenvalue weighted by Gasteiger charge is -2.07. The number of allylic oxidation sites excluding steroid dienone is 1. The third-order valence-electron chi connectivity index (χ3n) is 4.21. The van der Waals surface area contributed by atoms with Crippen molar-refractivity contribution in [3.05, 3.63) is 64.7 Å². The number of hydrogen-bond acceptors (Lipinski definition) is 4. The Labute approximate surface area is 207 Å². The van der Waals surface area contributed by atoms with Crippen LogP contribution in [0.2, 0.25) is 0 Å². The fraction of sp³-hybridized carbons (Fsp3) is 0.414. The van der Waals surface area contributed by atoms with Crippen LogP contribution >= 0.6 is 0 Å². The summed E-state index contributed by atoms with van der Waals surface area (Å²) in [5.41, 5.74) is 6.88. The van der Waals surface area contributed by atoms with Gasteiger partial charge in [-0.2, -0.15) is 0 Å². The molecule has 0 radical (unpaired) electrons. The van der Waals surface area contributed by atoms with Gasteiger partial charge in [0, 0.05) is 19.7 Å². The number of aliphatic hydroxyl groups is 1. The molecule has 1 unspecified atom stereocenters. The molecule has 5 nitrogen and oxygen atoms in total. The lowest BCUT2D eigenvalue weighted by molar-refractivity contribution is -0.127. The van der Waals surface area contributed by atoms with Gasteiger partial charge in [-0.05, 0) is 62.9 Å². The van der Waals surface area contributed by atoms with Crippen molar-refractivity contribution in [2.75, 3.05) is 14.2 Å². The van der Waals surface area contributed by atoms with Crippen molar-refractivity contribution in [2.24, 2.45) is 5.92 Å². The summed E-state index contributed by atoms with van der Waals surface area (Å²) in [4.78, 5) is 31.6. The number of aldehydes is 1. The molecule has 2 aromatic carbocycles. The summed E-state index contributed by atoms with van der Waals surface area (Å²) in [6, 6.07) is 14.3. The smallest absolute Gasteiger partial charge is 0.229 e. The first-order valence-electron chi connectivity index (χ1n) is 11.7. The number of carbonyl (C=O) groups excluding carboxylic acids is 3. The summed E-state index contributed by atoms with van der Waals surface area (Å²) in [6.45, 7) is 17.5. The van der Waals surface area contributed by atoms with E-state index in [1.807, 2.05) is 52.0 Å². The molecule has 0 fully saturated rings. The zero-order valence-electron chi connectivity index (χ0n) is 22.9. The van der Waals surface area contributed by atoms with Gasteiger partial charge in [0.25, 0.3) is 0 Å². The quantitative estimate of drug-likeness (QED) is 0.295. The molecule has 0 saturated heterocycles. The van der Waals surface area contributed by atoms with E-state index in [0.29, 0.717) is 6.29 Å². The average molecular weight is 472 g/mol. The molecule has 5 heteroatoms. The van der Waals surface area contributed by atoms with Gasteiger partial charge in [0.05, 0.1) is 5.92 Å². The molecule has 0 aliphatic carbocycles. The molecule has 0 bridgehead atoms. The topological polar surface area (TPSA) is 83.5 Å². The van der Waals surface area contributed by atoms with Crippen LogP contribution < -0.4 is 5.32 Å². The molecule has 0 heterocycles. The molecule has 190 valence electrons. The maximum absolute atomic E-state index is 11.3. The first kappa shape index (κ1) is 35.5. The molecule has 1 atom stereocenters. The minimum absolute atomic E-state index is 0.102. The summed E-state index contributed by atoms with van der Waals surface area (Å²) in [5.74, 6) is -0.648. The lowest BCUT2D eigenvalue weighted by atomic mass is 9.97. The zero-order chi connectivity index (χ0) is 27.3. The maximum Gasteiger partial charge on any atom is 0.229 e. The summed E-state index contributed by atoms with van der Waals surface area (Å²) in [7, 11) is 2.50. The Morgan fingerprint density at radius 1 is 0.882 bits per heavy atom. The van der Waals surface area contributed by atoms with Crippen LogP contribution in [0.4, 0.5) is 0 Å². The van der Waals surface area contributed by atoms with Crippen LogP contribution in [0.25, 0.3) is 17.2 Å². The summed E-state index contributed by atoms with van der Waals surface area (Å²) >= 11 is 0. The Morgan fingerprint density at radius 3 is 1.71 bits per heavy atom. The molecular weight excluding hydrogens is 426 g/mol. The van der Waals surface area contributed by atoms with E-state index in [-0.39, 0.29) is 11.7 Å². The third kappa shape index (κ3) is 14.2. The van der Waals surface area contributed by atoms with E-state index < -0.39 is 5.92 Å². The van der Waals surface area contributed by atoms with Gasteiger partial charge < -0.3 is 15.2 Å². The van der Waals surface area contributed by atoms with Crippen molar-refractivity contribution >= 4 is 24.1 Å². The van der Waals surface area contributed by atoms with E-state index >= 15 is 0 Å². The lowest BCUT2D eigenvalue weighted by Crippen LogP contribution is -2.25. The highest BCUT2D eigenvalue weighted by Crippen LogP contribution is 2.24. The van der Waals surface area contributed by atoms with Gasteiger partial charge in [-0.15, -0.1) is 0 Å². The highest BCUT2D eigenvalue weighted by Gasteiger charge is 2.07. The van der Waals surface area contributed by atoms with Crippen LogP contribution in [0.15, 0.2) is 48.0 Å². The first-order valence-corrected chi connectivity index (χ1v) is 11.7. The first-order chi connectivity index (χ1) is 16.2. The van der Waals surface area contributed by atoms with Gasteiger partial charge in [0.2, 0.25) is 5.91 Å². The van der Waals surface area contributed by atoms with Gasteiger partial charge in [0.1, 0.15) is 6.29 Å². The van der Waals surface area contributed by atoms with Crippen molar-refractivity contribution in [2.45, 2.75) is 62.3 Å². The minimum atomic E-state index is -0.514. The number of amides is 1. The van der Waals surface area contributed by atoms with Crippen LogP contribution in [-0.4, -0.2) is 37.2 Å². The number of Topliss-reactive ketones (excluding diaryl/α,β-unsaturated/α-hetero) is 1. The molecule has 0 aliphatic heterocycles. The summed E-state index contributed by atoms with van der Waals surface area (Å²) in [5, 5.41) is 9.35. The fourth-order valence-corrected chi connectivity index (χ4v) is 2.47. The van der Waals surface area contributed by atoms with Crippen molar-refractivity contribution in [1.82, 2.24) is 5.32 Å². The number of rotatable bonds is 5. The van der Waals surface area contributed by atoms with Crippen molar-refractivity contribution in [1.29, 1.82) is 0 Å². The molecule has 0 saturated carbocycles. The number of aryl methyl sites for hydroxylation is 1. The van der Waals surface area contributed by atoms with Gasteiger partial charge >= 0.3 is 0 Å². The molecule has 1 amide bonds. The van der Waals surface area contributed by atoms with E-state index in [1.165, 1.54) is 29.3 Å². The number of aliphatic hydroxyl groups excluding tert-OH is 1. The second kappa shape index (κ2) is 21.8. The Bertz CT molecular complexity index is 864. The molecule has 2 N–H and O–H groups in total. The number of ketones is 1. The van der Waals surface area contributed by atoms with Gasteiger partial charge in [-0.25, -0.2) is 0 Å². The van der Waals surface area contributed by atoms with Crippen molar-refractivity contribution in [3.8, 4) is 11.1 Å². The Hall–Kier alpha value is -3.05. The Balaban J connectivity index is -0.000000578. The van der Waals surface area contributed by atoms with Crippen LogP contribution in [0.5, 0.6) is 0 Å². The average Bonchev–Trinajstić information content (AvgIpc) is 2.88. The maximum atomic E-state index is 11.3. The van der Waals surface area contributed by atoms with E-state index in [1.54, 1.807) is 13.8 Å². The highest BCUT2D eigenvalue weighted by molar-refractivity contribution is 5.94. The third-order valence-corrected chi connectivity index (χ3v) is 4.21. The highest BCUT2D eigenvalue weighted by atomic mass is 16.2. The molecule has 2 rings (SSSR count). The second-order valence-corrected chi connectivity index (χ2v) is 6.97. The van der Waals surface area contributed by atoms with Gasteiger partial charge in [0.15, 0.2) is 5.78 Å². The Kier molecular flexibility index (Phi) is 22.8. The Morgan fingerprint density at radius 2 is 1.35 bits per heavy atom. The van der Waals surface area contributed by atoms with E-state index in [9.17, 15) is 14.4 Å². The zero-order valence-corrected chi connectivity index (χ0v) is 22.9. The number of nitrogens with one attached hydrogen (secondary N) is 1. The normalized spacial score (nSPS) is 9.41. The summed E-state index contributed by atoms with van der Waals surface area (Å²) in [6.07, 6.45) is 2.81. The van der Waals surface area contributed by atoms with Gasteiger partial charge in [-0.1, -0.05) is 75.7 Å². The molecule has 0 aromatic heterocycles. The number of benzene rings is 2. The largest absolute Gasteiger partial charge is 0.400 e. The SMILES string of the molecule is CC.CC.CC(=O)c1ccc(-c2ccc(C)c(C=C(C)C)c2)cc1.CNC(=O)C(C)C=O.CO. The van der Waals surface area contributed by atoms with Crippen molar-refractivity contribution < 1.29 is 19.5 Å². The number of carbonyl (C=O) groups is 3. The van der Waals surface area contributed by atoms with E-state index in [4.69, 9.17) is 5.11 Å². The minimum Gasteiger partial charge on any atom is -0.400 e. The predicted octanol–water partition coefficient (Wildman–Crippen LogP) is 6.52. The van der Waals surface area contributed by atoms with Gasteiger partial charge in [-0.3, -0.25) is 9.59 Å². The predicted molar refractivity (Wildman–Crippen MR) is 146 cm³/mol. The van der Waals surface area contributed by atoms with E-state index in [0.717, 1.165) is 18.2 Å². The fourth-order valence-electron chi connectivity index (χ4n) is 2.47. The van der Waals surface area contributed by atoms with Crippen LogP contribution in [0, 0.1) is 12.8 Å². The molecule has 2 aromatic rings. The molecule has 34 heavy (non-hydrogen) atoms. The standard InChI is InChI=1S/C19H20O.C5H9NO2.2C2H6.CH4O/c1-13(2)11-19-12-18(6-5-14(19)3)17-9-7-16(8-10-17)15(4)20;1-4(3-7)5(8)6-2;3*1-2/h5-12H,1-4H3;3-4H,1-2H3,(H,6,8);2*1-2H3;2H,1H3.